The minimum absolute atomic E-state index is 0.0387. The van der Waals surface area contributed by atoms with Crippen molar-refractivity contribution in [3.63, 3.8) is 0 Å². The van der Waals surface area contributed by atoms with E-state index in [9.17, 15) is 9.90 Å². The first kappa shape index (κ1) is 13.8. The SMILES string of the molecule is C=CCN(CC=C)c1nc(C(=O)O)cc2ccccc12. The standard InChI is InChI=1S/C16H16N2O2/c1-3-9-18(10-4-2)15-13-8-6-5-7-12(13)11-14(17-15)16(19)20/h3-8,11H,1-2,9-10H2,(H,19,20). The minimum Gasteiger partial charge on any atom is -0.477 e. The molecular weight excluding hydrogens is 252 g/mol. The van der Waals surface area contributed by atoms with E-state index in [-0.39, 0.29) is 5.69 Å². The third-order valence-electron chi connectivity index (χ3n) is 2.94. The lowest BCUT2D eigenvalue weighted by Crippen LogP contribution is -2.25. The van der Waals surface area contributed by atoms with Gasteiger partial charge in [-0.1, -0.05) is 36.4 Å². The summed E-state index contributed by atoms with van der Waals surface area (Å²) in [5.41, 5.74) is 0.0387. The molecule has 4 heteroatoms. The van der Waals surface area contributed by atoms with Crippen molar-refractivity contribution in [1.82, 2.24) is 4.98 Å². The molecule has 0 aliphatic rings. The van der Waals surface area contributed by atoms with Crippen molar-refractivity contribution in [3.05, 3.63) is 61.3 Å². The molecule has 0 unspecified atom stereocenters. The molecule has 4 nitrogen and oxygen atoms in total. The highest BCUT2D eigenvalue weighted by Gasteiger charge is 2.14. The van der Waals surface area contributed by atoms with Gasteiger partial charge in [-0.25, -0.2) is 9.78 Å². The Labute approximate surface area is 117 Å². The molecule has 0 bridgehead atoms. The molecule has 1 aromatic carbocycles. The maximum absolute atomic E-state index is 11.2. The van der Waals surface area contributed by atoms with Crippen LogP contribution in [0.25, 0.3) is 10.8 Å². The second-order valence-corrected chi connectivity index (χ2v) is 4.34. The van der Waals surface area contributed by atoms with Crippen LogP contribution in [0.1, 0.15) is 10.5 Å². The van der Waals surface area contributed by atoms with Crippen LogP contribution >= 0.6 is 0 Å². The van der Waals surface area contributed by atoms with Crippen molar-refractivity contribution in [2.24, 2.45) is 0 Å². The normalized spacial score (nSPS) is 10.2. The van der Waals surface area contributed by atoms with Gasteiger partial charge in [-0.15, -0.1) is 13.2 Å². The Morgan fingerprint density at radius 3 is 2.50 bits per heavy atom. The summed E-state index contributed by atoms with van der Waals surface area (Å²) in [4.78, 5) is 17.4. The summed E-state index contributed by atoms with van der Waals surface area (Å²) < 4.78 is 0. The third kappa shape index (κ3) is 2.69. The zero-order chi connectivity index (χ0) is 14.5. The van der Waals surface area contributed by atoms with Crippen molar-refractivity contribution < 1.29 is 9.90 Å². The topological polar surface area (TPSA) is 53.4 Å². The number of anilines is 1. The monoisotopic (exact) mass is 268 g/mol. The number of benzene rings is 1. The van der Waals surface area contributed by atoms with Crippen molar-refractivity contribution in [2.75, 3.05) is 18.0 Å². The van der Waals surface area contributed by atoms with Gasteiger partial charge < -0.3 is 10.0 Å². The average Bonchev–Trinajstić information content (AvgIpc) is 2.46. The number of nitrogens with zero attached hydrogens (tertiary/aromatic N) is 2. The molecule has 0 atom stereocenters. The van der Waals surface area contributed by atoms with Gasteiger partial charge in [-0.3, -0.25) is 0 Å². The molecule has 102 valence electrons. The van der Waals surface area contributed by atoms with E-state index >= 15 is 0 Å². The summed E-state index contributed by atoms with van der Waals surface area (Å²) in [6, 6.07) is 9.19. The van der Waals surface area contributed by atoms with Gasteiger partial charge in [0.05, 0.1) is 0 Å². The van der Waals surface area contributed by atoms with Crippen LogP contribution in [-0.2, 0) is 0 Å². The molecule has 2 rings (SSSR count). The number of hydrogen-bond donors (Lipinski definition) is 1. The summed E-state index contributed by atoms with van der Waals surface area (Å²) in [6.45, 7) is 8.60. The Kier molecular flexibility index (Phi) is 4.15. The summed E-state index contributed by atoms with van der Waals surface area (Å²) >= 11 is 0. The summed E-state index contributed by atoms with van der Waals surface area (Å²) in [7, 11) is 0. The van der Waals surface area contributed by atoms with E-state index < -0.39 is 5.97 Å². The summed E-state index contributed by atoms with van der Waals surface area (Å²) in [5, 5.41) is 11.0. The smallest absolute Gasteiger partial charge is 0.354 e. The van der Waals surface area contributed by atoms with Crippen LogP contribution in [-0.4, -0.2) is 29.1 Å². The molecule has 0 aliphatic carbocycles. The van der Waals surface area contributed by atoms with Crippen molar-refractivity contribution in [2.45, 2.75) is 0 Å². The molecule has 20 heavy (non-hydrogen) atoms. The van der Waals surface area contributed by atoms with Crippen LogP contribution in [0.2, 0.25) is 0 Å². The lowest BCUT2D eigenvalue weighted by molar-refractivity contribution is 0.0691. The van der Waals surface area contributed by atoms with Gasteiger partial charge in [0.1, 0.15) is 5.82 Å². The van der Waals surface area contributed by atoms with Gasteiger partial charge in [0, 0.05) is 18.5 Å². The number of fused-ring (bicyclic) bond motifs is 1. The van der Waals surface area contributed by atoms with Crippen LogP contribution in [0.4, 0.5) is 5.82 Å². The van der Waals surface area contributed by atoms with E-state index in [1.54, 1.807) is 18.2 Å². The number of carbonyl (C=O) groups is 1. The number of pyridine rings is 1. The van der Waals surface area contributed by atoms with Crippen LogP contribution in [0.3, 0.4) is 0 Å². The number of carboxylic acids is 1. The highest BCUT2D eigenvalue weighted by atomic mass is 16.4. The van der Waals surface area contributed by atoms with E-state index in [0.717, 1.165) is 10.8 Å². The Bertz CT molecular complexity index is 655. The number of rotatable bonds is 6. The van der Waals surface area contributed by atoms with Crippen LogP contribution < -0.4 is 4.90 Å². The molecule has 0 fully saturated rings. The van der Waals surface area contributed by atoms with Gasteiger partial charge in [-0.2, -0.15) is 0 Å². The average molecular weight is 268 g/mol. The summed E-state index contributed by atoms with van der Waals surface area (Å²) in [6.07, 6.45) is 3.51. The van der Waals surface area contributed by atoms with Crippen molar-refractivity contribution in [1.29, 1.82) is 0 Å². The molecule has 1 heterocycles. The zero-order valence-corrected chi connectivity index (χ0v) is 11.1. The predicted molar refractivity (Wildman–Crippen MR) is 81.3 cm³/mol. The molecule has 0 aliphatic heterocycles. The molecule has 0 spiro atoms. The van der Waals surface area contributed by atoms with Crippen molar-refractivity contribution >= 4 is 22.6 Å². The summed E-state index contributed by atoms with van der Waals surface area (Å²) in [5.74, 6) is -0.394. The highest BCUT2D eigenvalue weighted by Crippen LogP contribution is 2.25. The predicted octanol–water partition coefficient (Wildman–Crippen LogP) is 3.11. The lowest BCUT2D eigenvalue weighted by Gasteiger charge is -2.22. The van der Waals surface area contributed by atoms with E-state index in [0.29, 0.717) is 18.9 Å². The van der Waals surface area contributed by atoms with E-state index in [1.807, 2.05) is 29.2 Å². The second kappa shape index (κ2) is 6.02. The van der Waals surface area contributed by atoms with Crippen molar-refractivity contribution in [3.8, 4) is 0 Å². The number of aromatic nitrogens is 1. The van der Waals surface area contributed by atoms with Crippen LogP contribution in [0.5, 0.6) is 0 Å². The van der Waals surface area contributed by atoms with Gasteiger partial charge in [0.15, 0.2) is 5.69 Å². The minimum atomic E-state index is -1.03. The fourth-order valence-corrected chi connectivity index (χ4v) is 2.09. The molecule has 1 N–H and O–H groups in total. The molecule has 0 amide bonds. The van der Waals surface area contributed by atoms with E-state index in [4.69, 9.17) is 0 Å². The Morgan fingerprint density at radius 1 is 1.25 bits per heavy atom. The fraction of sp³-hybridized carbons (Fsp3) is 0.125. The first-order valence-corrected chi connectivity index (χ1v) is 6.27. The van der Waals surface area contributed by atoms with Crippen LogP contribution in [0, 0.1) is 0 Å². The number of carboxylic acid groups (broad SMARTS) is 1. The number of aromatic carboxylic acids is 1. The zero-order valence-electron chi connectivity index (χ0n) is 11.1. The fourth-order valence-electron chi connectivity index (χ4n) is 2.09. The van der Waals surface area contributed by atoms with Gasteiger partial charge >= 0.3 is 5.97 Å². The van der Waals surface area contributed by atoms with Gasteiger partial charge in [0.25, 0.3) is 0 Å². The van der Waals surface area contributed by atoms with Crippen LogP contribution in [0.15, 0.2) is 55.6 Å². The largest absolute Gasteiger partial charge is 0.477 e. The molecule has 0 radical (unpaired) electrons. The van der Waals surface area contributed by atoms with E-state index in [2.05, 4.69) is 18.1 Å². The Morgan fingerprint density at radius 2 is 1.90 bits per heavy atom. The lowest BCUT2D eigenvalue weighted by atomic mass is 10.1. The highest BCUT2D eigenvalue weighted by molar-refractivity contribution is 5.98. The molecule has 1 aromatic heterocycles. The first-order chi connectivity index (χ1) is 9.67. The van der Waals surface area contributed by atoms with Gasteiger partial charge in [0.2, 0.25) is 0 Å². The molecule has 0 saturated carbocycles. The maximum Gasteiger partial charge on any atom is 0.354 e. The molecule has 0 saturated heterocycles. The first-order valence-electron chi connectivity index (χ1n) is 6.27. The Balaban J connectivity index is 2.66. The molecule has 2 aromatic rings. The molecular formula is C16H16N2O2. The Hall–Kier alpha value is -2.62. The third-order valence-corrected chi connectivity index (χ3v) is 2.94. The van der Waals surface area contributed by atoms with Gasteiger partial charge in [-0.05, 0) is 11.5 Å². The number of hydrogen-bond acceptors (Lipinski definition) is 3. The quantitative estimate of drug-likeness (QED) is 0.818. The second-order valence-electron chi connectivity index (χ2n) is 4.34. The van der Waals surface area contributed by atoms with E-state index in [1.165, 1.54) is 0 Å². The maximum atomic E-state index is 11.2.